The van der Waals surface area contributed by atoms with Crippen molar-refractivity contribution in [3.8, 4) is 5.75 Å². The van der Waals surface area contributed by atoms with Gasteiger partial charge in [0.25, 0.3) is 5.91 Å². The number of aliphatic hydroxyl groups is 1. The Hall–Kier alpha value is -3.30. The van der Waals surface area contributed by atoms with Gasteiger partial charge in [-0.3, -0.25) is 9.59 Å². The number of nitrogens with one attached hydrogen (secondary N) is 1. The number of anilines is 2. The Morgan fingerprint density at radius 2 is 1.78 bits per heavy atom. The number of esters is 1. The molecule has 0 aliphatic carbocycles. The number of hydrogen-bond acceptors (Lipinski definition) is 8. The number of aliphatic hydroxyl groups excluding tert-OH is 1. The van der Waals surface area contributed by atoms with Gasteiger partial charge in [-0.05, 0) is 49.4 Å². The molecule has 1 unspecified atom stereocenters. The molecule has 174 valence electrons. The van der Waals surface area contributed by atoms with Crippen molar-refractivity contribution in [3.63, 3.8) is 0 Å². The number of hydrogen-bond donors (Lipinski definition) is 4. The van der Waals surface area contributed by atoms with Gasteiger partial charge in [-0.1, -0.05) is 12.1 Å². The van der Waals surface area contributed by atoms with E-state index >= 15 is 0 Å². The summed E-state index contributed by atoms with van der Waals surface area (Å²) >= 11 is 0. The van der Waals surface area contributed by atoms with Crippen LogP contribution in [0.1, 0.15) is 22.3 Å². The summed E-state index contributed by atoms with van der Waals surface area (Å²) < 4.78 is 10.3. The number of amides is 1. The fraction of sp³-hybridized carbons (Fsp3) is 0.391. The Morgan fingerprint density at radius 3 is 2.47 bits per heavy atom. The maximum atomic E-state index is 12.6. The monoisotopic (exact) mass is 444 g/mol. The highest BCUT2D eigenvalue weighted by Gasteiger charge is 2.17. The number of benzene rings is 2. The van der Waals surface area contributed by atoms with Crippen LogP contribution >= 0.6 is 0 Å². The highest BCUT2D eigenvalue weighted by Crippen LogP contribution is 2.21. The first-order chi connectivity index (χ1) is 15.3. The lowest BCUT2D eigenvalue weighted by atomic mass is 10.1. The molecular formula is C23H32N4O5. The SMILES string of the molecule is COC(=O)CC(O)CNC(=O)c1cc(N)ccc1OCCN(C)CCc1ccc(N)cc1. The molecule has 0 spiro atoms. The van der Waals surface area contributed by atoms with Gasteiger partial charge in [-0.25, -0.2) is 0 Å². The fourth-order valence-electron chi connectivity index (χ4n) is 2.93. The molecule has 2 aromatic rings. The van der Waals surface area contributed by atoms with Gasteiger partial charge in [0.2, 0.25) is 0 Å². The Labute approximate surface area is 188 Å². The molecule has 1 atom stereocenters. The number of likely N-dealkylation sites (N-methyl/N-ethyl adjacent to an activating group) is 1. The van der Waals surface area contributed by atoms with Crippen molar-refractivity contribution in [3.05, 3.63) is 53.6 Å². The van der Waals surface area contributed by atoms with Crippen molar-refractivity contribution in [2.24, 2.45) is 0 Å². The molecule has 0 saturated carbocycles. The van der Waals surface area contributed by atoms with Gasteiger partial charge in [0, 0.05) is 31.0 Å². The van der Waals surface area contributed by atoms with E-state index in [0.717, 1.165) is 18.7 Å². The molecule has 9 heteroatoms. The molecule has 2 rings (SSSR count). The summed E-state index contributed by atoms with van der Waals surface area (Å²) in [7, 11) is 3.24. The number of ether oxygens (including phenoxy) is 2. The number of rotatable bonds is 12. The van der Waals surface area contributed by atoms with E-state index in [1.807, 2.05) is 31.3 Å². The standard InChI is InChI=1S/C23H32N4O5/c1-27(10-9-16-3-5-17(24)6-4-16)11-12-32-21-8-7-18(25)13-20(21)23(30)26-15-19(28)14-22(29)31-2/h3-8,13,19,28H,9-12,14-15,24-25H2,1-2H3,(H,26,30). The van der Waals surface area contributed by atoms with Crippen molar-refractivity contribution in [1.82, 2.24) is 10.2 Å². The lowest BCUT2D eigenvalue weighted by molar-refractivity contribution is -0.142. The molecule has 0 saturated heterocycles. The van der Waals surface area contributed by atoms with Crippen molar-refractivity contribution in [1.29, 1.82) is 0 Å². The van der Waals surface area contributed by atoms with Crippen LogP contribution in [0.3, 0.4) is 0 Å². The average molecular weight is 445 g/mol. The lowest BCUT2D eigenvalue weighted by Gasteiger charge is -2.18. The van der Waals surface area contributed by atoms with Gasteiger partial charge >= 0.3 is 5.97 Å². The molecule has 0 heterocycles. The average Bonchev–Trinajstić information content (AvgIpc) is 2.77. The third-order valence-corrected chi connectivity index (χ3v) is 4.87. The second-order valence-corrected chi connectivity index (χ2v) is 7.54. The smallest absolute Gasteiger partial charge is 0.308 e. The van der Waals surface area contributed by atoms with Crippen LogP contribution in [0, 0.1) is 0 Å². The summed E-state index contributed by atoms with van der Waals surface area (Å²) in [6.07, 6.45) is -0.369. The van der Waals surface area contributed by atoms with Gasteiger partial charge in [0.15, 0.2) is 0 Å². The maximum Gasteiger partial charge on any atom is 0.308 e. The van der Waals surface area contributed by atoms with Crippen molar-refractivity contribution < 1.29 is 24.2 Å². The molecule has 6 N–H and O–H groups in total. The first kappa shape index (κ1) is 25.0. The van der Waals surface area contributed by atoms with Crippen LogP contribution in [0.5, 0.6) is 5.75 Å². The quantitative estimate of drug-likeness (QED) is 0.281. The molecule has 0 radical (unpaired) electrons. The predicted octanol–water partition coefficient (Wildman–Crippen LogP) is 1.06. The van der Waals surface area contributed by atoms with Crippen LogP contribution in [-0.2, 0) is 16.0 Å². The number of carbonyl (C=O) groups is 2. The molecule has 32 heavy (non-hydrogen) atoms. The van der Waals surface area contributed by atoms with Gasteiger partial charge in [-0.15, -0.1) is 0 Å². The molecular weight excluding hydrogens is 412 g/mol. The largest absolute Gasteiger partial charge is 0.491 e. The van der Waals surface area contributed by atoms with Crippen LogP contribution in [0.4, 0.5) is 11.4 Å². The zero-order chi connectivity index (χ0) is 23.5. The first-order valence-corrected chi connectivity index (χ1v) is 10.4. The number of carbonyl (C=O) groups excluding carboxylic acids is 2. The number of methoxy groups -OCH3 is 1. The Kier molecular flexibility index (Phi) is 9.77. The normalized spacial score (nSPS) is 11.8. The van der Waals surface area contributed by atoms with Gasteiger partial charge in [0.05, 0.1) is 25.2 Å². The highest BCUT2D eigenvalue weighted by atomic mass is 16.5. The summed E-state index contributed by atoms with van der Waals surface area (Å²) in [4.78, 5) is 25.9. The minimum atomic E-state index is -1.05. The zero-order valence-electron chi connectivity index (χ0n) is 18.5. The molecule has 0 aliphatic rings. The minimum absolute atomic E-state index is 0.101. The van der Waals surface area contributed by atoms with Gasteiger partial charge in [-0.2, -0.15) is 0 Å². The summed E-state index contributed by atoms with van der Waals surface area (Å²) in [5.41, 5.74) is 14.2. The van der Waals surface area contributed by atoms with E-state index in [-0.39, 0.29) is 18.5 Å². The van der Waals surface area contributed by atoms with E-state index < -0.39 is 18.0 Å². The van der Waals surface area contributed by atoms with E-state index in [2.05, 4.69) is 15.0 Å². The van der Waals surface area contributed by atoms with Crippen molar-refractivity contribution >= 4 is 23.3 Å². The van der Waals surface area contributed by atoms with Crippen molar-refractivity contribution in [2.45, 2.75) is 18.9 Å². The molecule has 2 aromatic carbocycles. The Morgan fingerprint density at radius 1 is 1.09 bits per heavy atom. The topological polar surface area (TPSA) is 140 Å². The van der Waals surface area contributed by atoms with Gasteiger partial charge < -0.3 is 36.3 Å². The van der Waals surface area contributed by atoms with E-state index in [4.69, 9.17) is 16.2 Å². The zero-order valence-corrected chi connectivity index (χ0v) is 18.5. The van der Waals surface area contributed by atoms with Crippen LogP contribution < -0.4 is 21.5 Å². The fourth-order valence-corrected chi connectivity index (χ4v) is 2.93. The second-order valence-electron chi connectivity index (χ2n) is 7.54. The van der Waals surface area contributed by atoms with Crippen LogP contribution in [0.25, 0.3) is 0 Å². The maximum absolute atomic E-state index is 12.6. The van der Waals surface area contributed by atoms with E-state index in [1.54, 1.807) is 12.1 Å². The first-order valence-electron chi connectivity index (χ1n) is 10.4. The summed E-state index contributed by atoms with van der Waals surface area (Å²) in [5, 5.41) is 12.4. The molecule has 1 amide bonds. The van der Waals surface area contributed by atoms with E-state index in [1.165, 1.54) is 18.7 Å². The lowest BCUT2D eigenvalue weighted by Crippen LogP contribution is -2.34. The Bertz CT molecular complexity index is 888. The van der Waals surface area contributed by atoms with E-state index in [9.17, 15) is 14.7 Å². The van der Waals surface area contributed by atoms with Crippen molar-refractivity contribution in [2.75, 3.05) is 51.9 Å². The molecule has 0 fully saturated rings. The number of nitrogen functional groups attached to an aromatic ring is 2. The second kappa shape index (κ2) is 12.5. The number of nitrogens with zero attached hydrogens (tertiary/aromatic N) is 1. The summed E-state index contributed by atoms with van der Waals surface area (Å²) in [5.74, 6) is -0.612. The third-order valence-electron chi connectivity index (χ3n) is 4.87. The molecule has 0 bridgehead atoms. The van der Waals surface area contributed by atoms with Gasteiger partial charge in [0.1, 0.15) is 12.4 Å². The van der Waals surface area contributed by atoms with E-state index in [0.29, 0.717) is 24.6 Å². The van der Waals surface area contributed by atoms with Crippen LogP contribution in [0.15, 0.2) is 42.5 Å². The number of nitrogens with two attached hydrogens (primary N) is 2. The predicted molar refractivity (Wildman–Crippen MR) is 123 cm³/mol. The molecule has 0 aliphatic heterocycles. The van der Waals surface area contributed by atoms with Crippen LogP contribution in [-0.4, -0.2) is 68.4 Å². The highest BCUT2D eigenvalue weighted by molar-refractivity contribution is 5.97. The summed E-state index contributed by atoms with van der Waals surface area (Å²) in [6.45, 7) is 1.79. The molecule has 0 aromatic heterocycles. The Balaban J connectivity index is 1.84. The third kappa shape index (κ3) is 8.44. The summed E-state index contributed by atoms with van der Waals surface area (Å²) in [6, 6.07) is 12.6. The molecule has 9 nitrogen and oxygen atoms in total. The van der Waals surface area contributed by atoms with Crippen LogP contribution in [0.2, 0.25) is 0 Å². The minimum Gasteiger partial charge on any atom is -0.491 e.